The highest BCUT2D eigenvalue weighted by atomic mass is 16.1. The third-order valence-corrected chi connectivity index (χ3v) is 3.25. The van der Waals surface area contributed by atoms with Crippen LogP contribution < -0.4 is 0 Å². The fourth-order valence-corrected chi connectivity index (χ4v) is 2.31. The van der Waals surface area contributed by atoms with Crippen molar-refractivity contribution in [1.82, 2.24) is 4.98 Å². The van der Waals surface area contributed by atoms with E-state index in [0.717, 1.165) is 24.0 Å². The Kier molecular flexibility index (Phi) is 4.10. The van der Waals surface area contributed by atoms with Gasteiger partial charge in [-0.05, 0) is 50.3 Å². The second-order valence-corrected chi connectivity index (χ2v) is 5.09. The largest absolute Gasteiger partial charge is 0.295 e. The van der Waals surface area contributed by atoms with E-state index in [1.165, 1.54) is 16.7 Å². The number of pyridine rings is 1. The summed E-state index contributed by atoms with van der Waals surface area (Å²) in [6, 6.07) is 8.19. The van der Waals surface area contributed by atoms with E-state index in [9.17, 15) is 4.79 Å². The standard InChI is InChI=1S/C17H19NO/c1-12-4-7-17(14(3)19)16(9-12)6-5-15-8-13(2)10-18-11-15/h4,7-11H,5-6H2,1-3H3. The van der Waals surface area contributed by atoms with E-state index >= 15 is 0 Å². The van der Waals surface area contributed by atoms with Crippen LogP contribution in [0.5, 0.6) is 0 Å². The molecule has 0 atom stereocenters. The molecule has 0 saturated heterocycles. The molecule has 0 fully saturated rings. The van der Waals surface area contributed by atoms with Crippen LogP contribution in [0.25, 0.3) is 0 Å². The molecule has 1 heterocycles. The average molecular weight is 253 g/mol. The second kappa shape index (κ2) is 5.79. The molecule has 98 valence electrons. The van der Waals surface area contributed by atoms with Crippen LogP contribution in [0.1, 0.15) is 39.5 Å². The number of aromatic nitrogens is 1. The van der Waals surface area contributed by atoms with Crippen LogP contribution in [0, 0.1) is 13.8 Å². The lowest BCUT2D eigenvalue weighted by atomic mass is 9.96. The highest BCUT2D eigenvalue weighted by Gasteiger charge is 2.07. The van der Waals surface area contributed by atoms with Crippen molar-refractivity contribution in [2.45, 2.75) is 33.6 Å². The summed E-state index contributed by atoms with van der Waals surface area (Å²) in [5.41, 5.74) is 5.56. The number of aryl methyl sites for hydroxylation is 4. The van der Waals surface area contributed by atoms with Crippen LogP contribution in [0.3, 0.4) is 0 Å². The molecule has 0 N–H and O–H groups in total. The third kappa shape index (κ3) is 3.50. The van der Waals surface area contributed by atoms with E-state index in [0.29, 0.717) is 0 Å². The predicted molar refractivity (Wildman–Crippen MR) is 77.6 cm³/mol. The molecule has 2 nitrogen and oxygen atoms in total. The molecule has 0 aliphatic carbocycles. The fourth-order valence-electron chi connectivity index (χ4n) is 2.31. The zero-order valence-corrected chi connectivity index (χ0v) is 11.7. The van der Waals surface area contributed by atoms with Gasteiger partial charge in [0.25, 0.3) is 0 Å². The molecule has 1 aromatic carbocycles. The quantitative estimate of drug-likeness (QED) is 0.778. The zero-order valence-electron chi connectivity index (χ0n) is 11.7. The fraction of sp³-hybridized carbons (Fsp3) is 0.294. The molecule has 2 rings (SSSR count). The molecule has 2 aromatic rings. The molecule has 19 heavy (non-hydrogen) atoms. The number of carbonyl (C=O) groups excluding carboxylic acids is 1. The summed E-state index contributed by atoms with van der Waals surface area (Å²) in [6.45, 7) is 5.73. The van der Waals surface area contributed by atoms with Gasteiger partial charge in [-0.1, -0.05) is 29.8 Å². The maximum absolute atomic E-state index is 11.6. The van der Waals surface area contributed by atoms with E-state index < -0.39 is 0 Å². The van der Waals surface area contributed by atoms with Crippen LogP contribution in [0.4, 0.5) is 0 Å². The molecule has 0 spiro atoms. The first-order valence-electron chi connectivity index (χ1n) is 6.57. The number of benzene rings is 1. The molecule has 2 heteroatoms. The van der Waals surface area contributed by atoms with Crippen molar-refractivity contribution in [1.29, 1.82) is 0 Å². The van der Waals surface area contributed by atoms with Crippen molar-refractivity contribution in [3.8, 4) is 0 Å². The summed E-state index contributed by atoms with van der Waals surface area (Å²) in [6.07, 6.45) is 5.55. The summed E-state index contributed by atoms with van der Waals surface area (Å²) in [4.78, 5) is 15.8. The molecule has 0 radical (unpaired) electrons. The van der Waals surface area contributed by atoms with Gasteiger partial charge in [0.2, 0.25) is 0 Å². The molecular weight excluding hydrogens is 234 g/mol. The molecule has 0 bridgehead atoms. The van der Waals surface area contributed by atoms with Crippen molar-refractivity contribution in [3.05, 3.63) is 64.5 Å². The number of Topliss-reactive ketones (excluding diaryl/α,β-unsaturated/α-hetero) is 1. The van der Waals surface area contributed by atoms with Gasteiger partial charge in [-0.2, -0.15) is 0 Å². The smallest absolute Gasteiger partial charge is 0.160 e. The molecule has 0 aliphatic heterocycles. The summed E-state index contributed by atoms with van der Waals surface area (Å²) >= 11 is 0. The summed E-state index contributed by atoms with van der Waals surface area (Å²) in [5, 5.41) is 0. The minimum Gasteiger partial charge on any atom is -0.295 e. The highest BCUT2D eigenvalue weighted by molar-refractivity contribution is 5.95. The second-order valence-electron chi connectivity index (χ2n) is 5.09. The normalized spacial score (nSPS) is 10.5. The number of hydrogen-bond donors (Lipinski definition) is 0. The Morgan fingerprint density at radius 2 is 1.84 bits per heavy atom. The molecule has 0 amide bonds. The topological polar surface area (TPSA) is 30.0 Å². The lowest BCUT2D eigenvalue weighted by Crippen LogP contribution is -2.02. The predicted octanol–water partition coefficient (Wildman–Crippen LogP) is 3.69. The first kappa shape index (κ1) is 13.5. The number of carbonyl (C=O) groups is 1. The Hall–Kier alpha value is -1.96. The minimum absolute atomic E-state index is 0.136. The summed E-state index contributed by atoms with van der Waals surface area (Å²) in [7, 11) is 0. The van der Waals surface area contributed by atoms with Gasteiger partial charge in [-0.25, -0.2) is 0 Å². The maximum Gasteiger partial charge on any atom is 0.160 e. The van der Waals surface area contributed by atoms with Crippen LogP contribution in [-0.2, 0) is 12.8 Å². The van der Waals surface area contributed by atoms with Gasteiger partial charge < -0.3 is 0 Å². The van der Waals surface area contributed by atoms with E-state index in [-0.39, 0.29) is 5.78 Å². The number of hydrogen-bond acceptors (Lipinski definition) is 2. The van der Waals surface area contributed by atoms with E-state index in [4.69, 9.17) is 0 Å². The minimum atomic E-state index is 0.136. The van der Waals surface area contributed by atoms with Gasteiger partial charge in [0.15, 0.2) is 5.78 Å². The SMILES string of the molecule is CC(=O)c1ccc(C)cc1CCc1cncc(C)c1. The first-order chi connectivity index (χ1) is 9.06. The Bertz CT molecular complexity index is 602. The molecular formula is C17H19NO. The van der Waals surface area contributed by atoms with Gasteiger partial charge in [0.1, 0.15) is 0 Å². The van der Waals surface area contributed by atoms with Crippen LogP contribution in [-0.4, -0.2) is 10.8 Å². The van der Waals surface area contributed by atoms with Crippen molar-refractivity contribution in [3.63, 3.8) is 0 Å². The van der Waals surface area contributed by atoms with Crippen molar-refractivity contribution in [2.75, 3.05) is 0 Å². The molecule has 0 unspecified atom stereocenters. The highest BCUT2D eigenvalue weighted by Crippen LogP contribution is 2.15. The van der Waals surface area contributed by atoms with E-state index in [2.05, 4.69) is 24.0 Å². The average Bonchev–Trinajstić information content (AvgIpc) is 2.36. The Morgan fingerprint density at radius 1 is 1.05 bits per heavy atom. The van der Waals surface area contributed by atoms with Crippen molar-refractivity contribution in [2.24, 2.45) is 0 Å². The first-order valence-corrected chi connectivity index (χ1v) is 6.57. The summed E-state index contributed by atoms with van der Waals surface area (Å²) < 4.78 is 0. The van der Waals surface area contributed by atoms with Crippen molar-refractivity contribution >= 4 is 5.78 Å². The molecule has 0 saturated carbocycles. The Balaban J connectivity index is 2.19. The van der Waals surface area contributed by atoms with Crippen LogP contribution >= 0.6 is 0 Å². The van der Waals surface area contributed by atoms with Crippen LogP contribution in [0.15, 0.2) is 36.7 Å². The zero-order chi connectivity index (χ0) is 13.8. The number of ketones is 1. The van der Waals surface area contributed by atoms with Gasteiger partial charge >= 0.3 is 0 Å². The lowest BCUT2D eigenvalue weighted by molar-refractivity contribution is 0.101. The number of nitrogens with zero attached hydrogens (tertiary/aromatic N) is 1. The van der Waals surface area contributed by atoms with Gasteiger partial charge in [-0.15, -0.1) is 0 Å². The maximum atomic E-state index is 11.6. The Morgan fingerprint density at radius 3 is 2.53 bits per heavy atom. The monoisotopic (exact) mass is 253 g/mol. The number of rotatable bonds is 4. The van der Waals surface area contributed by atoms with Gasteiger partial charge in [0, 0.05) is 18.0 Å². The third-order valence-electron chi connectivity index (χ3n) is 3.25. The molecule has 0 aliphatic rings. The Labute approximate surface area is 114 Å². The van der Waals surface area contributed by atoms with Gasteiger partial charge in [-0.3, -0.25) is 9.78 Å². The van der Waals surface area contributed by atoms with E-state index in [1.807, 2.05) is 31.5 Å². The van der Waals surface area contributed by atoms with Crippen LogP contribution in [0.2, 0.25) is 0 Å². The lowest BCUT2D eigenvalue weighted by Gasteiger charge is -2.08. The van der Waals surface area contributed by atoms with Gasteiger partial charge in [0.05, 0.1) is 0 Å². The molecule has 1 aromatic heterocycles. The summed E-state index contributed by atoms with van der Waals surface area (Å²) in [5.74, 6) is 0.136. The van der Waals surface area contributed by atoms with Crippen molar-refractivity contribution < 1.29 is 4.79 Å². The van der Waals surface area contributed by atoms with E-state index in [1.54, 1.807) is 6.92 Å².